The van der Waals surface area contributed by atoms with Crippen LogP contribution in [0.1, 0.15) is 29.4 Å². The molecule has 0 aromatic heterocycles. The van der Waals surface area contributed by atoms with Crippen molar-refractivity contribution >= 4 is 9.24 Å². The Kier molecular flexibility index (Phi) is 5.07. The van der Waals surface area contributed by atoms with E-state index in [1.165, 1.54) is 23.3 Å². The molecule has 0 aliphatic heterocycles. The van der Waals surface area contributed by atoms with Crippen LogP contribution in [0.15, 0.2) is 48.5 Å². The van der Waals surface area contributed by atoms with Crippen molar-refractivity contribution in [1.82, 2.24) is 5.32 Å². The minimum Gasteiger partial charge on any atom is -0.303 e. The lowest BCUT2D eigenvalue weighted by Gasteiger charge is -2.14. The molecule has 0 saturated heterocycles. The Morgan fingerprint density at radius 1 is 1.11 bits per heavy atom. The fourth-order valence-electron chi connectivity index (χ4n) is 1.98. The highest BCUT2D eigenvalue weighted by Crippen LogP contribution is 2.20. The second-order valence-electron chi connectivity index (χ2n) is 4.58. The summed E-state index contributed by atoms with van der Waals surface area (Å²) in [5, 5.41) is 3.43. The van der Waals surface area contributed by atoms with E-state index in [1.54, 1.807) is 0 Å². The first kappa shape index (κ1) is 14.2. The molecular formula is C16H19FNP. The molecule has 0 spiro atoms. The Balaban J connectivity index is 1.96. The first-order chi connectivity index (χ1) is 9.19. The van der Waals surface area contributed by atoms with Gasteiger partial charge in [-0.3, -0.25) is 0 Å². The van der Waals surface area contributed by atoms with Crippen LogP contribution in [0.3, 0.4) is 0 Å². The molecule has 0 bridgehead atoms. The average molecular weight is 275 g/mol. The van der Waals surface area contributed by atoms with Crippen molar-refractivity contribution in [2.75, 3.05) is 0 Å². The molecular weight excluding hydrogens is 256 g/mol. The lowest BCUT2D eigenvalue weighted by molar-refractivity contribution is 0.624. The van der Waals surface area contributed by atoms with Crippen LogP contribution in [-0.4, -0.2) is 0 Å². The van der Waals surface area contributed by atoms with Crippen LogP contribution >= 0.6 is 9.24 Å². The average Bonchev–Trinajstić information content (AvgIpc) is 2.46. The summed E-state index contributed by atoms with van der Waals surface area (Å²) in [6.07, 6.45) is 1.05. The summed E-state index contributed by atoms with van der Waals surface area (Å²) < 4.78 is 12.9. The maximum Gasteiger partial charge on any atom is 0.123 e. The van der Waals surface area contributed by atoms with Crippen molar-refractivity contribution in [2.24, 2.45) is 0 Å². The second-order valence-corrected chi connectivity index (χ2v) is 5.25. The van der Waals surface area contributed by atoms with E-state index in [1.807, 2.05) is 12.1 Å². The summed E-state index contributed by atoms with van der Waals surface area (Å²) in [6.45, 7) is 2.96. The Morgan fingerprint density at radius 2 is 1.79 bits per heavy atom. The van der Waals surface area contributed by atoms with Gasteiger partial charge in [0.2, 0.25) is 0 Å². The number of halogens is 1. The van der Waals surface area contributed by atoms with Crippen LogP contribution in [0.4, 0.5) is 4.39 Å². The first-order valence-corrected chi connectivity index (χ1v) is 7.18. The summed E-state index contributed by atoms with van der Waals surface area (Å²) in [5.41, 5.74) is 3.69. The minimum atomic E-state index is -0.198. The molecule has 0 amide bonds. The fraction of sp³-hybridized carbons (Fsp3) is 0.250. The predicted octanol–water partition coefficient (Wildman–Crippen LogP) is 4.05. The highest BCUT2D eigenvalue weighted by atomic mass is 31.0. The van der Waals surface area contributed by atoms with E-state index in [0.29, 0.717) is 0 Å². The highest BCUT2D eigenvalue weighted by molar-refractivity contribution is 7.17. The van der Waals surface area contributed by atoms with E-state index >= 15 is 0 Å². The SMILES string of the molecule is CCc1cccc(CNC(P)c2ccc(F)cc2)c1. The van der Waals surface area contributed by atoms with Crippen LogP contribution in [0.25, 0.3) is 0 Å². The molecule has 2 atom stereocenters. The Hall–Kier alpha value is -1.24. The minimum absolute atomic E-state index is 0.130. The van der Waals surface area contributed by atoms with Gasteiger partial charge < -0.3 is 5.32 Å². The van der Waals surface area contributed by atoms with Crippen LogP contribution in [0.5, 0.6) is 0 Å². The Bertz CT molecular complexity index is 525. The largest absolute Gasteiger partial charge is 0.303 e. The summed E-state index contributed by atoms with van der Waals surface area (Å²) in [4.78, 5) is 0. The maximum absolute atomic E-state index is 12.9. The van der Waals surface area contributed by atoms with Crippen molar-refractivity contribution < 1.29 is 4.39 Å². The van der Waals surface area contributed by atoms with Gasteiger partial charge >= 0.3 is 0 Å². The summed E-state index contributed by atoms with van der Waals surface area (Å²) >= 11 is 0. The van der Waals surface area contributed by atoms with E-state index in [4.69, 9.17) is 0 Å². The van der Waals surface area contributed by atoms with E-state index < -0.39 is 0 Å². The predicted molar refractivity (Wildman–Crippen MR) is 81.5 cm³/mol. The van der Waals surface area contributed by atoms with Crippen LogP contribution in [-0.2, 0) is 13.0 Å². The van der Waals surface area contributed by atoms with Gasteiger partial charge in [0.25, 0.3) is 0 Å². The Morgan fingerprint density at radius 3 is 2.47 bits per heavy atom. The van der Waals surface area contributed by atoms with E-state index in [0.717, 1.165) is 18.5 Å². The second kappa shape index (κ2) is 6.79. The van der Waals surface area contributed by atoms with Gasteiger partial charge in [0.1, 0.15) is 5.82 Å². The van der Waals surface area contributed by atoms with E-state index in [-0.39, 0.29) is 11.6 Å². The third-order valence-electron chi connectivity index (χ3n) is 3.15. The lowest BCUT2D eigenvalue weighted by Crippen LogP contribution is -2.15. The molecule has 2 rings (SSSR count). The van der Waals surface area contributed by atoms with Gasteiger partial charge in [0.05, 0.1) is 0 Å². The molecule has 100 valence electrons. The molecule has 0 fully saturated rings. The van der Waals surface area contributed by atoms with Gasteiger partial charge in [-0.25, -0.2) is 4.39 Å². The molecule has 1 N–H and O–H groups in total. The zero-order chi connectivity index (χ0) is 13.7. The molecule has 1 nitrogen and oxygen atoms in total. The quantitative estimate of drug-likeness (QED) is 0.812. The van der Waals surface area contributed by atoms with Crippen LogP contribution in [0.2, 0.25) is 0 Å². The smallest absolute Gasteiger partial charge is 0.123 e. The highest BCUT2D eigenvalue weighted by Gasteiger charge is 2.05. The summed E-state index contributed by atoms with van der Waals surface area (Å²) in [7, 11) is 2.75. The van der Waals surface area contributed by atoms with Crippen molar-refractivity contribution in [2.45, 2.75) is 25.7 Å². The molecule has 2 aromatic carbocycles. The summed E-state index contributed by atoms with van der Waals surface area (Å²) in [6, 6.07) is 15.2. The zero-order valence-electron chi connectivity index (χ0n) is 11.1. The molecule has 0 radical (unpaired) electrons. The maximum atomic E-state index is 12.9. The van der Waals surface area contributed by atoms with Gasteiger partial charge in [-0.1, -0.05) is 43.3 Å². The Labute approximate surface area is 116 Å². The number of benzene rings is 2. The molecule has 0 aliphatic rings. The van der Waals surface area contributed by atoms with Crippen molar-refractivity contribution in [3.05, 3.63) is 71.0 Å². The zero-order valence-corrected chi connectivity index (χ0v) is 12.2. The number of aryl methyl sites for hydroxylation is 1. The van der Waals surface area contributed by atoms with Gasteiger partial charge in [-0.05, 0) is 35.2 Å². The molecule has 2 aromatic rings. The van der Waals surface area contributed by atoms with Crippen LogP contribution in [0, 0.1) is 5.82 Å². The number of hydrogen-bond donors (Lipinski definition) is 1. The van der Waals surface area contributed by atoms with Gasteiger partial charge in [0.15, 0.2) is 0 Å². The van der Waals surface area contributed by atoms with Crippen molar-refractivity contribution in [3.8, 4) is 0 Å². The molecule has 0 heterocycles. The summed E-state index contributed by atoms with van der Waals surface area (Å²) in [5.74, 6) is -0.0671. The van der Waals surface area contributed by atoms with Gasteiger partial charge in [-0.15, -0.1) is 9.24 Å². The molecule has 2 unspecified atom stereocenters. The van der Waals surface area contributed by atoms with Crippen molar-refractivity contribution in [3.63, 3.8) is 0 Å². The normalized spacial score (nSPS) is 12.4. The molecule has 3 heteroatoms. The van der Waals surface area contributed by atoms with E-state index in [9.17, 15) is 4.39 Å². The van der Waals surface area contributed by atoms with E-state index in [2.05, 4.69) is 45.7 Å². The lowest BCUT2D eigenvalue weighted by atomic mass is 10.1. The standard InChI is InChI=1S/C16H19FNP/c1-2-12-4-3-5-13(10-12)11-18-16(19)14-6-8-15(17)9-7-14/h3-10,16,18H,2,11,19H2,1H3. The molecule has 0 saturated carbocycles. The number of nitrogens with one attached hydrogen (secondary N) is 1. The van der Waals surface area contributed by atoms with Crippen LogP contribution < -0.4 is 5.32 Å². The number of hydrogen-bond acceptors (Lipinski definition) is 1. The third kappa shape index (κ3) is 4.12. The van der Waals surface area contributed by atoms with Crippen molar-refractivity contribution in [1.29, 1.82) is 0 Å². The third-order valence-corrected chi connectivity index (χ3v) is 3.78. The monoisotopic (exact) mass is 275 g/mol. The topological polar surface area (TPSA) is 12.0 Å². The molecule has 19 heavy (non-hydrogen) atoms. The van der Waals surface area contributed by atoms with Gasteiger partial charge in [0, 0.05) is 12.3 Å². The van der Waals surface area contributed by atoms with Gasteiger partial charge in [-0.2, -0.15) is 0 Å². The number of rotatable bonds is 5. The fourth-order valence-corrected chi connectivity index (χ4v) is 2.32. The first-order valence-electron chi connectivity index (χ1n) is 6.51. The molecule has 0 aliphatic carbocycles.